The summed E-state index contributed by atoms with van der Waals surface area (Å²) in [4.78, 5) is 0. The first-order valence-electron chi connectivity index (χ1n) is 11.6. The van der Waals surface area contributed by atoms with Crippen LogP contribution in [0.25, 0.3) is 0 Å². The summed E-state index contributed by atoms with van der Waals surface area (Å²) < 4.78 is 0. The average molecular weight is 399 g/mol. The minimum atomic E-state index is 0. The van der Waals surface area contributed by atoms with Gasteiger partial charge in [0.25, 0.3) is 0 Å². The Labute approximate surface area is 184 Å². The van der Waals surface area contributed by atoms with Gasteiger partial charge in [0.05, 0.1) is 0 Å². The molecule has 0 saturated heterocycles. The second-order valence-corrected chi connectivity index (χ2v) is 2.91. The van der Waals surface area contributed by atoms with Crippen LogP contribution in [0.2, 0.25) is 0 Å². The summed E-state index contributed by atoms with van der Waals surface area (Å²) in [7, 11) is 0. The van der Waals surface area contributed by atoms with E-state index in [9.17, 15) is 0 Å². The third-order valence-corrected chi connectivity index (χ3v) is 1.06. The third kappa shape index (κ3) is 2280. The van der Waals surface area contributed by atoms with E-state index in [0.717, 1.165) is 0 Å². The number of rotatable bonds is 0. The van der Waals surface area contributed by atoms with Crippen LogP contribution in [0.1, 0.15) is 152 Å². The molecule has 0 aromatic heterocycles. The van der Waals surface area contributed by atoms with Gasteiger partial charge in [-0.25, -0.2) is 0 Å². The molecule has 0 atom stereocenters. The Hall–Kier alpha value is -0.520. The third-order valence-electron chi connectivity index (χ3n) is 1.06. The molecule has 0 aromatic carbocycles. The Bertz CT molecular complexity index is 45.5. The van der Waals surface area contributed by atoms with Gasteiger partial charge in [-0.2, -0.15) is 0 Å². The Morgan fingerprint density at radius 1 is 0.407 bits per heavy atom. The van der Waals surface area contributed by atoms with Gasteiger partial charge in [-0.05, 0) is 5.41 Å². The lowest BCUT2D eigenvalue weighted by Gasteiger charge is -2.12. The van der Waals surface area contributed by atoms with Crippen molar-refractivity contribution in [1.29, 1.82) is 0 Å². The maximum atomic E-state index is 3.00. The van der Waals surface area contributed by atoms with E-state index >= 15 is 0 Å². The van der Waals surface area contributed by atoms with Gasteiger partial charge in [0, 0.05) is 0 Å². The quantitative estimate of drug-likeness (QED) is 0.356. The van der Waals surface area contributed by atoms with E-state index in [1.807, 2.05) is 111 Å². The largest absolute Gasteiger partial charge is 0.106 e. The maximum absolute atomic E-state index is 3.00. The predicted molar refractivity (Wildman–Crippen MR) is 150 cm³/mol. The molecule has 0 saturated carbocycles. The van der Waals surface area contributed by atoms with Crippen LogP contribution < -0.4 is 0 Å². The number of hydrogen-bond donors (Lipinski definition) is 0. The smallest absolute Gasteiger partial charge is 0.0385 e. The van der Waals surface area contributed by atoms with E-state index in [1.165, 1.54) is 6.42 Å². The standard InChI is InChI=1S/C6H14.8C2H6.2C2H4.CH4/c1-5-6(2,3)4;10*1-2;/h5H2,1-4H3;8*1-2H3;2*1-2H2;1H4. The zero-order valence-electron chi connectivity index (χ0n) is 24.0. The highest BCUT2D eigenvalue weighted by Crippen LogP contribution is 2.16. The van der Waals surface area contributed by atoms with Gasteiger partial charge in [0.15, 0.2) is 0 Å². The van der Waals surface area contributed by atoms with Crippen LogP contribution in [0.15, 0.2) is 26.3 Å². The van der Waals surface area contributed by atoms with Gasteiger partial charge in [-0.3, -0.25) is 0 Å². The van der Waals surface area contributed by atoms with Gasteiger partial charge in [-0.1, -0.05) is 152 Å². The van der Waals surface area contributed by atoms with Gasteiger partial charge in [-0.15, -0.1) is 26.3 Å². The normalized spacial score (nSPS) is 4.74. The van der Waals surface area contributed by atoms with Crippen molar-refractivity contribution >= 4 is 0 Å². The lowest BCUT2D eigenvalue weighted by atomic mass is 9.94. The highest BCUT2D eigenvalue weighted by atomic mass is 14.1. The van der Waals surface area contributed by atoms with E-state index in [0.29, 0.717) is 5.41 Å². The van der Waals surface area contributed by atoms with E-state index < -0.39 is 0 Å². The molecule has 0 nitrogen and oxygen atoms in total. The Morgan fingerprint density at radius 3 is 0.444 bits per heavy atom. The minimum absolute atomic E-state index is 0. The van der Waals surface area contributed by atoms with Crippen molar-refractivity contribution in [2.45, 2.75) is 152 Å². The summed E-state index contributed by atoms with van der Waals surface area (Å²) in [6, 6.07) is 0. The first kappa shape index (κ1) is 82.0. The molecule has 0 fully saturated rings. The van der Waals surface area contributed by atoms with Crippen molar-refractivity contribution in [2.75, 3.05) is 0 Å². The summed E-state index contributed by atoms with van der Waals surface area (Å²) in [6.07, 6.45) is 1.27. The van der Waals surface area contributed by atoms with Gasteiger partial charge in [0.2, 0.25) is 0 Å². The molecular formula is C27H74. The zero-order valence-corrected chi connectivity index (χ0v) is 24.0. The second kappa shape index (κ2) is 364. The molecule has 0 bridgehead atoms. The molecule has 0 rings (SSSR count). The molecule has 0 radical (unpaired) electrons. The minimum Gasteiger partial charge on any atom is -0.106 e. The van der Waals surface area contributed by atoms with Crippen LogP contribution in [0.5, 0.6) is 0 Å². The summed E-state index contributed by atoms with van der Waals surface area (Å²) in [5.41, 5.74) is 0.542. The van der Waals surface area contributed by atoms with Crippen LogP contribution in [0, 0.1) is 5.41 Å². The fourth-order valence-corrected chi connectivity index (χ4v) is 0. The SMILES string of the molecule is C.C=C.C=C.CC.CC.CC.CC.CC.CC.CC.CC.CCC(C)(C)C. The van der Waals surface area contributed by atoms with Crippen molar-refractivity contribution in [3.8, 4) is 0 Å². The summed E-state index contributed by atoms with van der Waals surface area (Å²) in [5.74, 6) is 0. The van der Waals surface area contributed by atoms with Crippen molar-refractivity contribution in [3.05, 3.63) is 26.3 Å². The lowest BCUT2D eigenvalue weighted by Crippen LogP contribution is -2.00. The highest BCUT2D eigenvalue weighted by Gasteiger charge is 2.03. The monoisotopic (exact) mass is 399 g/mol. The van der Waals surface area contributed by atoms with Crippen LogP contribution in [-0.2, 0) is 0 Å². The number of hydrogen-bond acceptors (Lipinski definition) is 0. The van der Waals surface area contributed by atoms with Crippen molar-refractivity contribution < 1.29 is 0 Å². The Kier molecular flexibility index (Phi) is 1100. The maximum Gasteiger partial charge on any atom is -0.0385 e. The van der Waals surface area contributed by atoms with E-state index in [2.05, 4.69) is 54.0 Å². The molecule has 0 heteroatoms. The Balaban J connectivity index is -0.00000000957. The van der Waals surface area contributed by atoms with E-state index in [-0.39, 0.29) is 7.43 Å². The predicted octanol–water partition coefficient (Wildman–Crippen LogP) is 12.9. The molecule has 0 aliphatic carbocycles. The lowest BCUT2D eigenvalue weighted by molar-refractivity contribution is 0.398. The molecule has 0 aliphatic heterocycles. The summed E-state index contributed by atoms with van der Waals surface area (Å²) >= 11 is 0. The molecular weight excluding hydrogens is 324 g/mol. The molecule has 0 N–H and O–H groups in total. The summed E-state index contributed by atoms with van der Waals surface area (Å²) in [5, 5.41) is 0. The molecule has 0 aliphatic rings. The first-order chi connectivity index (χ1) is 12.6. The molecule has 0 heterocycles. The average Bonchev–Trinajstić information content (AvgIpc) is 2.81. The fourth-order valence-electron chi connectivity index (χ4n) is 0. The summed E-state index contributed by atoms with van der Waals surface area (Å²) in [6.45, 7) is 52.9. The second-order valence-electron chi connectivity index (χ2n) is 2.91. The first-order valence-corrected chi connectivity index (χ1v) is 11.6. The van der Waals surface area contributed by atoms with Crippen molar-refractivity contribution in [2.24, 2.45) is 5.41 Å². The van der Waals surface area contributed by atoms with Crippen LogP contribution >= 0.6 is 0 Å². The molecule has 182 valence electrons. The van der Waals surface area contributed by atoms with Crippen LogP contribution in [0.3, 0.4) is 0 Å². The van der Waals surface area contributed by atoms with E-state index in [1.54, 1.807) is 0 Å². The van der Waals surface area contributed by atoms with E-state index in [4.69, 9.17) is 0 Å². The molecule has 0 amide bonds. The van der Waals surface area contributed by atoms with Gasteiger partial charge < -0.3 is 0 Å². The molecule has 0 aromatic rings. The topological polar surface area (TPSA) is 0 Å². The van der Waals surface area contributed by atoms with Gasteiger partial charge >= 0.3 is 0 Å². The Morgan fingerprint density at radius 2 is 0.444 bits per heavy atom. The molecule has 0 unspecified atom stereocenters. The fraction of sp³-hybridized carbons (Fsp3) is 0.852. The van der Waals surface area contributed by atoms with Crippen LogP contribution in [-0.4, -0.2) is 0 Å². The highest BCUT2D eigenvalue weighted by molar-refractivity contribution is 4.55. The molecule has 27 heavy (non-hydrogen) atoms. The van der Waals surface area contributed by atoms with Gasteiger partial charge in [0.1, 0.15) is 0 Å². The zero-order chi connectivity index (χ0) is 25.2. The molecule has 0 spiro atoms. The van der Waals surface area contributed by atoms with Crippen molar-refractivity contribution in [3.63, 3.8) is 0 Å². The van der Waals surface area contributed by atoms with Crippen LogP contribution in [0.4, 0.5) is 0 Å². The van der Waals surface area contributed by atoms with Crippen molar-refractivity contribution in [1.82, 2.24) is 0 Å².